The lowest BCUT2D eigenvalue weighted by atomic mass is 9.98. The third-order valence-corrected chi connectivity index (χ3v) is 6.34. The molecule has 0 atom stereocenters. The second kappa shape index (κ2) is 9.66. The van der Waals surface area contributed by atoms with Crippen LogP contribution < -0.4 is 15.4 Å². The van der Waals surface area contributed by atoms with Crippen LogP contribution in [0.1, 0.15) is 74.3 Å². The zero-order valence-electron chi connectivity index (χ0n) is 19.1. The van der Waals surface area contributed by atoms with E-state index in [1.54, 1.807) is 4.68 Å². The maximum atomic E-state index is 13.3. The molecule has 0 aliphatic heterocycles. The van der Waals surface area contributed by atoms with Crippen LogP contribution in [0.25, 0.3) is 0 Å². The van der Waals surface area contributed by atoms with Crippen molar-refractivity contribution < 1.29 is 22.8 Å². The lowest BCUT2D eigenvalue weighted by Gasteiger charge is -2.12. The average molecular weight is 484 g/mol. The van der Waals surface area contributed by atoms with E-state index < -0.39 is 17.6 Å². The van der Waals surface area contributed by atoms with Crippen molar-refractivity contribution in [2.24, 2.45) is 21.8 Å². The second-order valence-corrected chi connectivity index (χ2v) is 9.98. The molecule has 0 spiro atoms. The Hall–Kier alpha value is -2.69. The molecule has 1 heterocycles. The van der Waals surface area contributed by atoms with Crippen LogP contribution in [0.2, 0.25) is 0 Å². The molecule has 0 bridgehead atoms. The van der Waals surface area contributed by atoms with Gasteiger partial charge in [-0.25, -0.2) is 4.68 Å². The van der Waals surface area contributed by atoms with Gasteiger partial charge in [0.2, 0.25) is 4.80 Å². The Balaban J connectivity index is 2.04. The lowest BCUT2D eigenvalue weighted by Crippen LogP contribution is -2.19. The van der Waals surface area contributed by atoms with Crippen molar-refractivity contribution in [1.29, 1.82) is 0 Å². The van der Waals surface area contributed by atoms with Crippen LogP contribution in [0.3, 0.4) is 0 Å². The highest BCUT2D eigenvalue weighted by molar-refractivity contribution is 7.09. The van der Waals surface area contributed by atoms with Gasteiger partial charge in [0.05, 0.1) is 11.1 Å². The summed E-state index contributed by atoms with van der Waals surface area (Å²) in [6.07, 6.45) is -1.14. The van der Waals surface area contributed by atoms with E-state index in [4.69, 9.17) is 10.6 Å². The van der Waals surface area contributed by atoms with Crippen LogP contribution >= 0.6 is 11.3 Å². The highest BCUT2D eigenvalue weighted by atomic mass is 32.1. The van der Waals surface area contributed by atoms with Crippen LogP contribution in [-0.4, -0.2) is 21.5 Å². The van der Waals surface area contributed by atoms with Crippen molar-refractivity contribution in [2.75, 3.05) is 0 Å². The summed E-state index contributed by atoms with van der Waals surface area (Å²) in [6, 6.07) is 2.63. The Morgan fingerprint density at radius 2 is 2.00 bits per heavy atom. The molecular weight excluding hydrogens is 455 g/mol. The zero-order valence-corrected chi connectivity index (χ0v) is 19.9. The van der Waals surface area contributed by atoms with Crippen LogP contribution in [0, 0.1) is 5.92 Å². The number of halogens is 3. The minimum Gasteiger partial charge on any atom is -0.384 e. The number of hydrogen-bond acceptors (Lipinski definition) is 5. The first-order chi connectivity index (χ1) is 15.4. The summed E-state index contributed by atoms with van der Waals surface area (Å²) in [5.74, 6) is -0.652. The number of aryl methyl sites for hydroxylation is 1. The maximum absolute atomic E-state index is 13.3. The Bertz CT molecular complexity index is 1110. The number of benzene rings is 1. The number of nitrogens with two attached hydrogens (primary N) is 1. The second-order valence-electron chi connectivity index (χ2n) is 9.02. The molecule has 0 saturated heterocycles. The molecule has 1 aromatic carbocycles. The lowest BCUT2D eigenvalue weighted by molar-refractivity contribution is -0.137. The van der Waals surface area contributed by atoms with Gasteiger partial charge in [-0.15, -0.1) is 0 Å². The molecule has 1 saturated carbocycles. The standard InChI is InChI=1S/C22H28F3N5O2S/c1-5-6-11-30-20(33-19(28-30)21(2,3)4)27-18(31)15-12-14(22(23,24)25)9-10-16(15)32-29-17(26)13-7-8-13/h9-10,12-13H,5-8,11H2,1-4H3,(H2,26,29)/b27-20-. The summed E-state index contributed by atoms with van der Waals surface area (Å²) < 4.78 is 41.6. The fourth-order valence-electron chi connectivity index (χ4n) is 2.80. The molecule has 0 radical (unpaired) electrons. The number of oxime groups is 1. The quantitative estimate of drug-likeness (QED) is 0.346. The molecule has 7 nitrogen and oxygen atoms in total. The van der Waals surface area contributed by atoms with Crippen LogP contribution in [0.5, 0.6) is 5.75 Å². The summed E-state index contributed by atoms with van der Waals surface area (Å²) in [4.78, 5) is 22.8. The van der Waals surface area contributed by atoms with Gasteiger partial charge < -0.3 is 10.6 Å². The van der Waals surface area contributed by atoms with E-state index >= 15 is 0 Å². The highest BCUT2D eigenvalue weighted by Gasteiger charge is 2.32. The Morgan fingerprint density at radius 3 is 2.58 bits per heavy atom. The normalized spacial score (nSPS) is 15.7. The predicted molar refractivity (Wildman–Crippen MR) is 120 cm³/mol. The first-order valence-electron chi connectivity index (χ1n) is 10.8. The molecule has 3 rings (SSSR count). The average Bonchev–Trinajstić information content (AvgIpc) is 3.50. The van der Waals surface area contributed by atoms with Gasteiger partial charge in [0.1, 0.15) is 10.8 Å². The maximum Gasteiger partial charge on any atom is 0.416 e. The number of carbonyl (C=O) groups excluding carboxylic acids is 1. The molecule has 11 heteroatoms. The summed E-state index contributed by atoms with van der Waals surface area (Å²) in [7, 11) is 0. The number of alkyl halides is 3. The summed E-state index contributed by atoms with van der Waals surface area (Å²) in [6.45, 7) is 8.54. The molecule has 33 heavy (non-hydrogen) atoms. The number of amides is 1. The molecule has 180 valence electrons. The minimum absolute atomic E-state index is 0.105. The SMILES string of the molecule is CCCCn1nc(C(C)(C)C)s/c1=N\C(=O)c1cc(C(F)(F)F)ccc1O/N=C(\N)C1CC1. The zero-order chi connectivity index (χ0) is 24.4. The van der Waals surface area contributed by atoms with Crippen molar-refractivity contribution in [3.8, 4) is 5.75 Å². The summed E-state index contributed by atoms with van der Waals surface area (Å²) in [5.41, 5.74) is 4.22. The van der Waals surface area contributed by atoms with E-state index in [1.807, 2.05) is 27.7 Å². The fraction of sp³-hybridized carbons (Fsp3) is 0.545. The van der Waals surface area contributed by atoms with Gasteiger partial charge in [-0.2, -0.15) is 23.3 Å². The molecule has 1 aliphatic rings. The van der Waals surface area contributed by atoms with Crippen LogP contribution in [0.15, 0.2) is 28.3 Å². The van der Waals surface area contributed by atoms with Crippen molar-refractivity contribution in [3.63, 3.8) is 0 Å². The van der Waals surface area contributed by atoms with Gasteiger partial charge in [-0.3, -0.25) is 4.79 Å². The van der Waals surface area contributed by atoms with E-state index in [9.17, 15) is 18.0 Å². The molecule has 1 aliphatic carbocycles. The predicted octanol–water partition coefficient (Wildman–Crippen LogP) is 4.86. The number of unbranched alkanes of at least 4 members (excludes halogenated alkanes) is 1. The van der Waals surface area contributed by atoms with Crippen LogP contribution in [-0.2, 0) is 18.1 Å². The third-order valence-electron chi connectivity index (χ3n) is 4.96. The Labute approximate surface area is 194 Å². The largest absolute Gasteiger partial charge is 0.416 e. The molecule has 1 fully saturated rings. The van der Waals surface area contributed by atoms with Gasteiger partial charge in [0.15, 0.2) is 5.75 Å². The Kier molecular flexibility index (Phi) is 7.30. The first kappa shape index (κ1) is 24.9. The monoisotopic (exact) mass is 483 g/mol. The smallest absolute Gasteiger partial charge is 0.384 e. The molecule has 2 aromatic rings. The van der Waals surface area contributed by atoms with Gasteiger partial charge in [-0.05, 0) is 37.5 Å². The number of hydrogen-bond donors (Lipinski definition) is 1. The van der Waals surface area contributed by atoms with Gasteiger partial charge in [0, 0.05) is 17.9 Å². The minimum atomic E-state index is -4.63. The molecular formula is C22H28F3N5O2S. The molecule has 2 N–H and O–H groups in total. The van der Waals surface area contributed by atoms with Gasteiger partial charge in [-0.1, -0.05) is 50.6 Å². The van der Waals surface area contributed by atoms with E-state index in [0.717, 1.165) is 48.9 Å². The van der Waals surface area contributed by atoms with Crippen molar-refractivity contribution in [3.05, 3.63) is 39.1 Å². The summed E-state index contributed by atoms with van der Waals surface area (Å²) in [5, 5.41) is 9.14. The number of aromatic nitrogens is 2. The number of rotatable bonds is 7. The Morgan fingerprint density at radius 1 is 1.30 bits per heavy atom. The number of carbonyl (C=O) groups is 1. The van der Waals surface area contributed by atoms with Crippen molar-refractivity contribution in [1.82, 2.24) is 9.78 Å². The van der Waals surface area contributed by atoms with Crippen LogP contribution in [0.4, 0.5) is 13.2 Å². The summed E-state index contributed by atoms with van der Waals surface area (Å²) >= 11 is 1.24. The van der Waals surface area contributed by atoms with Gasteiger partial charge in [0.25, 0.3) is 5.91 Å². The highest BCUT2D eigenvalue weighted by Crippen LogP contribution is 2.34. The number of amidine groups is 1. The third kappa shape index (κ3) is 6.43. The molecule has 1 amide bonds. The van der Waals surface area contributed by atoms with Crippen molar-refractivity contribution >= 4 is 23.1 Å². The fourth-order valence-corrected chi connectivity index (χ4v) is 3.79. The van der Waals surface area contributed by atoms with Crippen molar-refractivity contribution in [2.45, 2.75) is 71.5 Å². The molecule has 1 aromatic heterocycles. The van der Waals surface area contributed by atoms with E-state index in [0.29, 0.717) is 11.3 Å². The first-order valence-corrected chi connectivity index (χ1v) is 11.6. The molecule has 0 unspecified atom stereocenters. The van der Waals surface area contributed by atoms with Gasteiger partial charge >= 0.3 is 6.18 Å². The topological polar surface area (TPSA) is 94.9 Å². The van der Waals surface area contributed by atoms with E-state index in [2.05, 4.69) is 15.2 Å². The van der Waals surface area contributed by atoms with E-state index in [1.165, 1.54) is 11.3 Å². The van der Waals surface area contributed by atoms with E-state index in [-0.39, 0.29) is 28.5 Å². The number of nitrogens with zero attached hydrogens (tertiary/aromatic N) is 4.